The molecule has 0 saturated heterocycles. The minimum absolute atomic E-state index is 0.0117. The predicted molar refractivity (Wildman–Crippen MR) is 70.3 cm³/mol. The Morgan fingerprint density at radius 3 is 2.53 bits per heavy atom. The zero-order valence-corrected chi connectivity index (χ0v) is 11.2. The Morgan fingerprint density at radius 2 is 2.06 bits per heavy atom. The summed E-state index contributed by atoms with van der Waals surface area (Å²) >= 11 is 5.97. The van der Waals surface area contributed by atoms with E-state index in [9.17, 15) is 5.11 Å². The lowest BCUT2D eigenvalue weighted by Gasteiger charge is -2.27. The van der Waals surface area contributed by atoms with E-state index in [0.29, 0.717) is 16.7 Å². The third-order valence-corrected chi connectivity index (χ3v) is 3.31. The van der Waals surface area contributed by atoms with Gasteiger partial charge in [0.2, 0.25) is 0 Å². The first kappa shape index (κ1) is 14.3. The molecule has 0 aliphatic rings. The average Bonchev–Trinajstić information content (AvgIpc) is 2.29. The number of hydrogen-bond donors (Lipinski definition) is 2. The highest BCUT2D eigenvalue weighted by Gasteiger charge is 2.24. The molecule has 0 fully saturated rings. The van der Waals surface area contributed by atoms with Crippen molar-refractivity contribution in [1.29, 1.82) is 0 Å². The van der Waals surface area contributed by atoms with Gasteiger partial charge < -0.3 is 15.6 Å². The van der Waals surface area contributed by atoms with Crippen molar-refractivity contribution in [2.75, 3.05) is 13.7 Å². The van der Waals surface area contributed by atoms with Crippen LogP contribution >= 0.6 is 11.6 Å². The SMILES string of the molecule is COc1ccc(Cl)cc1C(N)C(CO)C(C)C. The summed E-state index contributed by atoms with van der Waals surface area (Å²) in [5.74, 6) is 0.988. The largest absolute Gasteiger partial charge is 0.496 e. The van der Waals surface area contributed by atoms with E-state index in [1.54, 1.807) is 25.3 Å². The van der Waals surface area contributed by atoms with Crippen molar-refractivity contribution in [3.8, 4) is 5.75 Å². The Bertz CT molecular complexity index is 368. The van der Waals surface area contributed by atoms with Gasteiger partial charge in [0, 0.05) is 29.2 Å². The highest BCUT2D eigenvalue weighted by atomic mass is 35.5. The molecule has 1 aromatic carbocycles. The van der Waals surface area contributed by atoms with Crippen LogP contribution in [0.2, 0.25) is 5.02 Å². The molecule has 0 aliphatic heterocycles. The van der Waals surface area contributed by atoms with Crippen LogP contribution in [-0.4, -0.2) is 18.8 Å². The molecule has 3 nitrogen and oxygen atoms in total. The van der Waals surface area contributed by atoms with Crippen molar-refractivity contribution in [2.45, 2.75) is 19.9 Å². The molecule has 4 heteroatoms. The number of aliphatic hydroxyl groups excluding tert-OH is 1. The number of rotatable bonds is 5. The molecule has 17 heavy (non-hydrogen) atoms. The standard InChI is InChI=1S/C13H20ClNO2/c1-8(2)11(7-16)13(15)10-6-9(14)4-5-12(10)17-3/h4-6,8,11,13,16H,7,15H2,1-3H3. The van der Waals surface area contributed by atoms with E-state index < -0.39 is 0 Å². The molecule has 2 unspecified atom stereocenters. The van der Waals surface area contributed by atoms with Crippen molar-refractivity contribution < 1.29 is 9.84 Å². The minimum atomic E-state index is -0.284. The van der Waals surface area contributed by atoms with E-state index in [4.69, 9.17) is 22.1 Å². The quantitative estimate of drug-likeness (QED) is 0.853. The van der Waals surface area contributed by atoms with Crippen LogP contribution in [0.3, 0.4) is 0 Å². The summed E-state index contributed by atoms with van der Waals surface area (Å²) in [5.41, 5.74) is 7.04. The van der Waals surface area contributed by atoms with Crippen molar-refractivity contribution in [2.24, 2.45) is 17.6 Å². The molecule has 3 N–H and O–H groups in total. The number of methoxy groups -OCH3 is 1. The van der Waals surface area contributed by atoms with Gasteiger partial charge in [-0.25, -0.2) is 0 Å². The molecule has 0 aromatic heterocycles. The fourth-order valence-corrected chi connectivity index (χ4v) is 2.12. The van der Waals surface area contributed by atoms with E-state index >= 15 is 0 Å². The van der Waals surface area contributed by atoms with Gasteiger partial charge >= 0.3 is 0 Å². The Labute approximate surface area is 108 Å². The first-order chi connectivity index (χ1) is 8.01. The maximum Gasteiger partial charge on any atom is 0.123 e. The van der Waals surface area contributed by atoms with Crippen LogP contribution in [0.15, 0.2) is 18.2 Å². The topological polar surface area (TPSA) is 55.5 Å². The summed E-state index contributed by atoms with van der Waals surface area (Å²) in [5, 5.41) is 10.0. The van der Waals surface area contributed by atoms with E-state index in [1.165, 1.54) is 0 Å². The number of halogens is 1. The van der Waals surface area contributed by atoms with Gasteiger partial charge in [-0.3, -0.25) is 0 Å². The monoisotopic (exact) mass is 257 g/mol. The highest BCUT2D eigenvalue weighted by Crippen LogP contribution is 2.33. The molecule has 0 saturated carbocycles. The molecule has 96 valence electrons. The maximum absolute atomic E-state index is 9.41. The molecule has 0 radical (unpaired) electrons. The van der Waals surface area contributed by atoms with Crippen LogP contribution < -0.4 is 10.5 Å². The fourth-order valence-electron chi connectivity index (χ4n) is 1.94. The number of benzene rings is 1. The first-order valence-corrected chi connectivity index (χ1v) is 6.09. The average molecular weight is 258 g/mol. The summed E-state index contributed by atoms with van der Waals surface area (Å²) in [6.07, 6.45) is 0. The van der Waals surface area contributed by atoms with Crippen molar-refractivity contribution in [3.63, 3.8) is 0 Å². The first-order valence-electron chi connectivity index (χ1n) is 5.71. The second kappa shape index (κ2) is 6.24. The van der Waals surface area contributed by atoms with E-state index in [2.05, 4.69) is 0 Å². The normalized spacial score (nSPS) is 14.8. The van der Waals surface area contributed by atoms with Crippen LogP contribution in [0.5, 0.6) is 5.75 Å². The van der Waals surface area contributed by atoms with E-state index in [1.807, 2.05) is 13.8 Å². The summed E-state index contributed by atoms with van der Waals surface area (Å²) in [6, 6.07) is 5.08. The van der Waals surface area contributed by atoms with Crippen molar-refractivity contribution >= 4 is 11.6 Å². The minimum Gasteiger partial charge on any atom is -0.496 e. The van der Waals surface area contributed by atoms with Gasteiger partial charge in [0.05, 0.1) is 7.11 Å². The Balaban J connectivity index is 3.08. The summed E-state index contributed by atoms with van der Waals surface area (Å²) in [4.78, 5) is 0. The Morgan fingerprint density at radius 1 is 1.41 bits per heavy atom. The van der Waals surface area contributed by atoms with Crippen LogP contribution in [0.1, 0.15) is 25.5 Å². The van der Waals surface area contributed by atoms with Crippen LogP contribution in [0.4, 0.5) is 0 Å². The molecular weight excluding hydrogens is 238 g/mol. The number of ether oxygens (including phenoxy) is 1. The molecule has 0 spiro atoms. The van der Waals surface area contributed by atoms with E-state index in [-0.39, 0.29) is 18.6 Å². The van der Waals surface area contributed by atoms with Crippen LogP contribution in [0, 0.1) is 11.8 Å². The molecule has 1 rings (SSSR count). The van der Waals surface area contributed by atoms with Crippen molar-refractivity contribution in [1.82, 2.24) is 0 Å². The van der Waals surface area contributed by atoms with Gasteiger partial charge in [-0.2, -0.15) is 0 Å². The molecule has 0 bridgehead atoms. The number of hydrogen-bond acceptors (Lipinski definition) is 3. The Hall–Kier alpha value is -0.770. The van der Waals surface area contributed by atoms with Crippen molar-refractivity contribution in [3.05, 3.63) is 28.8 Å². The van der Waals surface area contributed by atoms with Gasteiger partial charge in [0.15, 0.2) is 0 Å². The molecule has 0 amide bonds. The predicted octanol–water partition coefficient (Wildman–Crippen LogP) is 2.61. The summed E-state index contributed by atoms with van der Waals surface area (Å²) in [6.45, 7) is 4.13. The summed E-state index contributed by atoms with van der Waals surface area (Å²) < 4.78 is 5.28. The second-order valence-corrected chi connectivity index (χ2v) is 4.94. The molecular formula is C13H20ClNO2. The zero-order chi connectivity index (χ0) is 13.0. The van der Waals surface area contributed by atoms with Gasteiger partial charge in [0.25, 0.3) is 0 Å². The molecule has 0 heterocycles. The van der Waals surface area contributed by atoms with Gasteiger partial charge in [-0.15, -0.1) is 0 Å². The fraction of sp³-hybridized carbons (Fsp3) is 0.538. The maximum atomic E-state index is 9.41. The lowest BCUT2D eigenvalue weighted by molar-refractivity contribution is 0.164. The van der Waals surface area contributed by atoms with E-state index in [0.717, 1.165) is 5.56 Å². The zero-order valence-electron chi connectivity index (χ0n) is 10.5. The lowest BCUT2D eigenvalue weighted by Crippen LogP contribution is -2.28. The van der Waals surface area contributed by atoms with Gasteiger partial charge in [-0.05, 0) is 24.1 Å². The van der Waals surface area contributed by atoms with Crippen LogP contribution in [0.25, 0.3) is 0 Å². The van der Waals surface area contributed by atoms with Crippen LogP contribution in [-0.2, 0) is 0 Å². The smallest absolute Gasteiger partial charge is 0.123 e. The van der Waals surface area contributed by atoms with Gasteiger partial charge in [0.1, 0.15) is 5.75 Å². The molecule has 2 atom stereocenters. The number of nitrogens with two attached hydrogens (primary N) is 1. The Kier molecular flexibility index (Phi) is 5.25. The number of aliphatic hydroxyl groups is 1. The molecule has 1 aromatic rings. The third-order valence-electron chi connectivity index (χ3n) is 3.08. The van der Waals surface area contributed by atoms with Gasteiger partial charge in [-0.1, -0.05) is 25.4 Å². The highest BCUT2D eigenvalue weighted by molar-refractivity contribution is 6.30. The summed E-state index contributed by atoms with van der Waals surface area (Å²) in [7, 11) is 1.60. The third kappa shape index (κ3) is 3.35. The second-order valence-electron chi connectivity index (χ2n) is 4.50. The lowest BCUT2D eigenvalue weighted by atomic mass is 9.85. The molecule has 0 aliphatic carbocycles.